The monoisotopic (exact) mass is 471 g/mol. The second kappa shape index (κ2) is 8.86. The Hall–Kier alpha value is -3.39. The van der Waals surface area contributed by atoms with Gasteiger partial charge in [-0.25, -0.2) is 18.7 Å². The number of hydrogen-bond donors (Lipinski definition) is 4. The van der Waals surface area contributed by atoms with Crippen molar-refractivity contribution < 1.29 is 31.9 Å². The third-order valence-electron chi connectivity index (χ3n) is 5.11. The number of anilines is 1. The minimum atomic E-state index is -4.41. The van der Waals surface area contributed by atoms with Crippen molar-refractivity contribution in [2.24, 2.45) is 0 Å². The highest BCUT2D eigenvalue weighted by atomic mass is 19.4. The summed E-state index contributed by atoms with van der Waals surface area (Å²) in [4.78, 5) is 21.7. The molecule has 1 fully saturated rings. The summed E-state index contributed by atoms with van der Waals surface area (Å²) in [6.45, 7) is -1.78. The lowest BCUT2D eigenvalue weighted by Crippen LogP contribution is -2.34. The first-order valence-electron chi connectivity index (χ1n) is 9.75. The minimum Gasteiger partial charge on any atom is -0.390 e. The number of likely N-dealkylation sites (tertiary alicyclic amines) is 1. The number of halogens is 5. The maximum atomic E-state index is 13.8. The molecule has 1 aromatic carbocycles. The number of rotatable bonds is 6. The van der Waals surface area contributed by atoms with Gasteiger partial charge in [-0.05, 0) is 18.2 Å². The van der Waals surface area contributed by atoms with Crippen LogP contribution in [-0.4, -0.2) is 74.0 Å². The number of carbonyl (C=O) groups is 1. The van der Waals surface area contributed by atoms with Gasteiger partial charge in [-0.2, -0.15) is 18.3 Å². The molecule has 0 saturated carbocycles. The number of H-pyrrole nitrogens is 1. The van der Waals surface area contributed by atoms with Crippen molar-refractivity contribution in [1.82, 2.24) is 30.4 Å². The predicted octanol–water partition coefficient (Wildman–Crippen LogP) is 1.58. The summed E-state index contributed by atoms with van der Waals surface area (Å²) < 4.78 is 65.2. The molecule has 0 aliphatic carbocycles. The Morgan fingerprint density at radius 2 is 2.03 bits per heavy atom. The van der Waals surface area contributed by atoms with Crippen molar-refractivity contribution in [1.29, 1.82) is 0 Å². The molecule has 1 saturated heterocycles. The molecule has 1 aliphatic heterocycles. The quantitative estimate of drug-likeness (QED) is 0.403. The van der Waals surface area contributed by atoms with Gasteiger partial charge in [0.1, 0.15) is 29.5 Å². The molecule has 9 nitrogen and oxygen atoms in total. The smallest absolute Gasteiger partial charge is 0.390 e. The first kappa shape index (κ1) is 22.8. The average Bonchev–Trinajstić information content (AvgIpc) is 3.31. The van der Waals surface area contributed by atoms with Crippen molar-refractivity contribution in [2.45, 2.75) is 24.9 Å². The number of alkyl halides is 3. The maximum absolute atomic E-state index is 13.8. The van der Waals surface area contributed by atoms with Crippen molar-refractivity contribution >= 4 is 22.8 Å². The number of hydrogen-bond acceptors (Lipinski definition) is 7. The fourth-order valence-corrected chi connectivity index (χ4v) is 3.64. The van der Waals surface area contributed by atoms with Crippen LogP contribution in [0.5, 0.6) is 0 Å². The number of aromatic nitrogens is 4. The Bertz CT molecular complexity index is 1170. The molecular formula is C19H18F5N7O2. The van der Waals surface area contributed by atoms with Crippen molar-refractivity contribution in [3.8, 4) is 0 Å². The molecule has 3 aromatic rings. The van der Waals surface area contributed by atoms with E-state index < -0.39 is 42.4 Å². The van der Waals surface area contributed by atoms with Gasteiger partial charge in [0.25, 0.3) is 5.91 Å². The lowest BCUT2D eigenvalue weighted by atomic mass is 10.2. The topological polar surface area (TPSA) is 119 Å². The molecule has 0 radical (unpaired) electrons. The number of aliphatic hydroxyl groups is 1. The predicted molar refractivity (Wildman–Crippen MR) is 105 cm³/mol. The van der Waals surface area contributed by atoms with E-state index in [1.165, 1.54) is 0 Å². The first-order valence-corrected chi connectivity index (χ1v) is 9.75. The van der Waals surface area contributed by atoms with Gasteiger partial charge in [0.15, 0.2) is 5.65 Å². The minimum absolute atomic E-state index is 0.0689. The van der Waals surface area contributed by atoms with Gasteiger partial charge < -0.3 is 15.7 Å². The van der Waals surface area contributed by atoms with Gasteiger partial charge in [0, 0.05) is 25.2 Å². The van der Waals surface area contributed by atoms with E-state index in [9.17, 15) is 31.9 Å². The van der Waals surface area contributed by atoms with Crippen LogP contribution in [0, 0.1) is 11.6 Å². The van der Waals surface area contributed by atoms with Crippen LogP contribution >= 0.6 is 0 Å². The Kier molecular flexibility index (Phi) is 6.12. The van der Waals surface area contributed by atoms with Crippen LogP contribution in [0.3, 0.4) is 0 Å². The summed E-state index contributed by atoms with van der Waals surface area (Å²) in [6.07, 6.45) is -4.38. The Morgan fingerprint density at radius 1 is 1.24 bits per heavy atom. The van der Waals surface area contributed by atoms with Crippen molar-refractivity contribution in [3.63, 3.8) is 0 Å². The molecule has 0 spiro atoms. The Morgan fingerprint density at radius 3 is 2.79 bits per heavy atom. The highest BCUT2D eigenvalue weighted by Gasteiger charge is 2.38. The summed E-state index contributed by atoms with van der Waals surface area (Å²) in [5.41, 5.74) is -0.0700. The number of β-amino-alcohol motifs (C(OH)–C–C–N with tert-alkyl or cyclic N) is 1. The molecule has 2 aromatic heterocycles. The van der Waals surface area contributed by atoms with Crippen molar-refractivity contribution in [2.75, 3.05) is 25.0 Å². The number of benzene rings is 1. The van der Waals surface area contributed by atoms with Gasteiger partial charge in [-0.3, -0.25) is 14.8 Å². The maximum Gasteiger partial charge on any atom is 0.401 e. The fourth-order valence-electron chi connectivity index (χ4n) is 3.64. The van der Waals surface area contributed by atoms with Crippen LogP contribution < -0.4 is 10.6 Å². The van der Waals surface area contributed by atoms with Crippen LogP contribution in [0.4, 0.5) is 27.8 Å². The van der Waals surface area contributed by atoms with Gasteiger partial charge in [-0.15, -0.1) is 0 Å². The highest BCUT2D eigenvalue weighted by Crippen LogP contribution is 2.26. The molecule has 4 rings (SSSR count). The third-order valence-corrected chi connectivity index (χ3v) is 5.11. The molecule has 2 atom stereocenters. The molecule has 0 unspecified atom stereocenters. The average molecular weight is 471 g/mol. The highest BCUT2D eigenvalue weighted by molar-refractivity contribution is 6.07. The van der Waals surface area contributed by atoms with E-state index in [1.54, 1.807) is 0 Å². The Balaban J connectivity index is 1.52. The molecule has 33 heavy (non-hydrogen) atoms. The molecule has 1 aliphatic rings. The number of carbonyl (C=O) groups excluding carboxylic acids is 1. The third kappa shape index (κ3) is 5.17. The van der Waals surface area contributed by atoms with E-state index in [2.05, 4.69) is 30.8 Å². The zero-order valence-electron chi connectivity index (χ0n) is 16.8. The van der Waals surface area contributed by atoms with E-state index in [0.29, 0.717) is 0 Å². The lowest BCUT2D eigenvalue weighted by molar-refractivity contribution is -0.144. The van der Waals surface area contributed by atoms with Crippen LogP contribution in [0.2, 0.25) is 0 Å². The molecule has 3 heterocycles. The number of nitrogens with one attached hydrogen (secondary N) is 3. The normalized spacial score (nSPS) is 19.2. The van der Waals surface area contributed by atoms with Gasteiger partial charge in [0.05, 0.1) is 24.1 Å². The van der Waals surface area contributed by atoms with Crippen LogP contribution in [0.1, 0.15) is 16.1 Å². The Labute approximate surface area is 183 Å². The molecular weight excluding hydrogens is 453 g/mol. The number of nitrogens with zero attached hydrogens (tertiary/aromatic N) is 4. The standard InChI is InChI=1S/C19H18F5N7O2/c20-10-1-2-11(21)9(3-10)4-25-18(33)15-14-16(26-8-27-17(14)30-29-15)28-12-5-31(6-13(12)32)7-19(22,23)24/h1-3,8,12-13,32H,4-7H2,(H,25,33)(H2,26,27,28,29,30)/t12-,13-/m1/s1. The summed E-state index contributed by atoms with van der Waals surface area (Å²) >= 11 is 0. The largest absolute Gasteiger partial charge is 0.401 e. The SMILES string of the molecule is O=C(NCc1cc(F)ccc1F)c1[nH]nc2ncnc(N[C@@H]3CN(CC(F)(F)F)C[C@H]3O)c12. The second-order valence-corrected chi connectivity index (χ2v) is 7.57. The fraction of sp³-hybridized carbons (Fsp3) is 0.368. The number of aromatic amines is 1. The van der Waals surface area contributed by atoms with Gasteiger partial charge in [-0.1, -0.05) is 0 Å². The van der Waals surface area contributed by atoms with Gasteiger partial charge >= 0.3 is 6.18 Å². The molecule has 1 amide bonds. The molecule has 0 bridgehead atoms. The van der Waals surface area contributed by atoms with Crippen molar-refractivity contribution in [3.05, 3.63) is 47.4 Å². The molecule has 176 valence electrons. The summed E-state index contributed by atoms with van der Waals surface area (Å²) in [5.74, 6) is -2.00. The summed E-state index contributed by atoms with van der Waals surface area (Å²) in [7, 11) is 0. The van der Waals surface area contributed by atoms with E-state index in [-0.39, 0.29) is 47.7 Å². The van der Waals surface area contributed by atoms with E-state index in [4.69, 9.17) is 0 Å². The zero-order valence-corrected chi connectivity index (χ0v) is 16.8. The summed E-state index contributed by atoms with van der Waals surface area (Å²) in [6, 6.07) is 2.04. The number of fused-ring (bicyclic) bond motifs is 1. The van der Waals surface area contributed by atoms with Crippen LogP contribution in [-0.2, 0) is 6.54 Å². The lowest BCUT2D eigenvalue weighted by Gasteiger charge is -2.18. The first-order chi connectivity index (χ1) is 15.6. The number of amides is 1. The van der Waals surface area contributed by atoms with E-state index >= 15 is 0 Å². The zero-order chi connectivity index (χ0) is 23.8. The molecule has 14 heteroatoms. The second-order valence-electron chi connectivity index (χ2n) is 7.57. The van der Waals surface area contributed by atoms with Gasteiger partial charge in [0.2, 0.25) is 0 Å². The van der Waals surface area contributed by atoms with E-state index in [0.717, 1.165) is 29.4 Å². The van der Waals surface area contributed by atoms with Crippen LogP contribution in [0.25, 0.3) is 11.0 Å². The van der Waals surface area contributed by atoms with Crippen LogP contribution in [0.15, 0.2) is 24.5 Å². The van der Waals surface area contributed by atoms with E-state index in [1.807, 2.05) is 0 Å². The molecule has 4 N–H and O–H groups in total. The summed E-state index contributed by atoms with van der Waals surface area (Å²) in [5, 5.41) is 22.0. The number of aliphatic hydroxyl groups excluding tert-OH is 1.